The van der Waals surface area contributed by atoms with Crippen LogP contribution in [0.3, 0.4) is 0 Å². The van der Waals surface area contributed by atoms with E-state index in [0.29, 0.717) is 37.1 Å². The van der Waals surface area contributed by atoms with Crippen molar-refractivity contribution in [3.8, 4) is 11.3 Å². The Morgan fingerprint density at radius 2 is 1.74 bits per heavy atom. The van der Waals surface area contributed by atoms with Crippen LogP contribution in [0.4, 0.5) is 24.8 Å². The Hall–Kier alpha value is -2.82. The maximum absolute atomic E-state index is 13.7. The molecular formula is C26H34ClF3N8O3S. The molecule has 0 amide bonds. The molecule has 230 valence electrons. The summed E-state index contributed by atoms with van der Waals surface area (Å²) >= 11 is 0. The summed E-state index contributed by atoms with van der Waals surface area (Å²) in [6, 6.07) is 6.69. The molecule has 3 aromatic rings. The summed E-state index contributed by atoms with van der Waals surface area (Å²) in [6.45, 7) is 5.92. The number of anilines is 2. The van der Waals surface area contributed by atoms with Crippen LogP contribution >= 0.6 is 12.4 Å². The van der Waals surface area contributed by atoms with Gasteiger partial charge in [0.25, 0.3) is 0 Å². The first-order chi connectivity index (χ1) is 19.3. The molecule has 16 heteroatoms. The molecule has 2 saturated heterocycles. The third kappa shape index (κ3) is 7.57. The van der Waals surface area contributed by atoms with Crippen molar-refractivity contribution in [2.75, 3.05) is 31.5 Å². The lowest BCUT2D eigenvalue weighted by Crippen LogP contribution is -2.59. The highest BCUT2D eigenvalue weighted by molar-refractivity contribution is 7.89. The van der Waals surface area contributed by atoms with E-state index in [1.807, 2.05) is 0 Å². The SMILES string of the molecule is CC(C)(O)Cn1cc(-c2nc(Nc3ccc(S(=O)(=O)N4CCC(NC5CNC5)CC4)cc3)ncc2C(F)(F)F)cn1.Cl. The van der Waals surface area contributed by atoms with Gasteiger partial charge in [-0.05, 0) is 51.0 Å². The van der Waals surface area contributed by atoms with Gasteiger partial charge in [0.05, 0.1) is 28.9 Å². The van der Waals surface area contributed by atoms with Gasteiger partial charge in [-0.25, -0.2) is 18.4 Å². The number of hydrogen-bond donors (Lipinski definition) is 4. The summed E-state index contributed by atoms with van der Waals surface area (Å²) in [7, 11) is -3.69. The largest absolute Gasteiger partial charge is 0.419 e. The Balaban J connectivity index is 0.00000405. The molecule has 42 heavy (non-hydrogen) atoms. The lowest BCUT2D eigenvalue weighted by molar-refractivity contribution is -0.137. The number of hydrogen-bond acceptors (Lipinski definition) is 9. The van der Waals surface area contributed by atoms with Gasteiger partial charge in [0.1, 0.15) is 5.56 Å². The van der Waals surface area contributed by atoms with Crippen molar-refractivity contribution in [3.05, 3.63) is 48.4 Å². The average molecular weight is 631 g/mol. The van der Waals surface area contributed by atoms with E-state index in [-0.39, 0.29) is 41.1 Å². The molecule has 0 atom stereocenters. The van der Waals surface area contributed by atoms with Crippen LogP contribution in [0.1, 0.15) is 32.3 Å². The van der Waals surface area contributed by atoms with Crippen LogP contribution in [0.15, 0.2) is 47.8 Å². The first-order valence-corrected chi connectivity index (χ1v) is 14.8. The van der Waals surface area contributed by atoms with E-state index in [1.54, 1.807) is 13.8 Å². The minimum Gasteiger partial charge on any atom is -0.389 e. The molecule has 11 nitrogen and oxygen atoms in total. The van der Waals surface area contributed by atoms with Crippen LogP contribution < -0.4 is 16.0 Å². The van der Waals surface area contributed by atoms with Gasteiger partial charge in [0, 0.05) is 61.9 Å². The summed E-state index contributed by atoms with van der Waals surface area (Å²) in [5.74, 6) is -0.102. The summed E-state index contributed by atoms with van der Waals surface area (Å²) in [6.07, 6.45) is 0.0791. The van der Waals surface area contributed by atoms with Crippen LogP contribution in [-0.2, 0) is 22.7 Å². The number of halogens is 4. The number of nitrogens with one attached hydrogen (secondary N) is 3. The third-order valence-corrected chi connectivity index (χ3v) is 8.92. The Kier molecular flexibility index (Phi) is 9.50. The highest BCUT2D eigenvalue weighted by Crippen LogP contribution is 2.36. The number of nitrogens with zero attached hydrogens (tertiary/aromatic N) is 5. The van der Waals surface area contributed by atoms with E-state index in [9.17, 15) is 26.7 Å². The van der Waals surface area contributed by atoms with Gasteiger partial charge < -0.3 is 21.1 Å². The summed E-state index contributed by atoms with van der Waals surface area (Å²) in [5.41, 5.74) is -2.01. The standard InChI is InChI=1S/C26H33F3N8O3S.ClH/c1-25(2,38)16-36-15-17(11-32-36)23-22(26(27,28)29)14-31-24(35-23)34-18-3-5-21(6-4-18)41(39,40)37-9-7-19(8-10-37)33-20-12-30-13-20;/h3-6,11,14-15,19-20,30,33,38H,7-10,12-13,16H2,1-2H3,(H,31,34,35);1H. The van der Waals surface area contributed by atoms with E-state index in [0.717, 1.165) is 25.9 Å². The normalized spacial score (nSPS) is 17.5. The fraction of sp³-hybridized carbons (Fsp3) is 0.500. The maximum Gasteiger partial charge on any atom is 0.419 e. The van der Waals surface area contributed by atoms with E-state index in [2.05, 4.69) is 31.0 Å². The smallest absolute Gasteiger partial charge is 0.389 e. The van der Waals surface area contributed by atoms with Gasteiger partial charge in [-0.15, -0.1) is 12.4 Å². The number of benzene rings is 1. The number of sulfonamides is 1. The van der Waals surface area contributed by atoms with Crippen LogP contribution in [0.2, 0.25) is 0 Å². The van der Waals surface area contributed by atoms with Crippen LogP contribution in [0, 0.1) is 0 Å². The Morgan fingerprint density at radius 1 is 1.07 bits per heavy atom. The van der Waals surface area contributed by atoms with Crippen molar-refractivity contribution in [1.29, 1.82) is 0 Å². The first-order valence-electron chi connectivity index (χ1n) is 13.3. The summed E-state index contributed by atoms with van der Waals surface area (Å²) < 4.78 is 70.4. The van der Waals surface area contributed by atoms with Gasteiger partial charge in [-0.3, -0.25) is 4.68 Å². The lowest BCUT2D eigenvalue weighted by atomic mass is 10.0. The zero-order valence-electron chi connectivity index (χ0n) is 23.1. The topological polar surface area (TPSA) is 137 Å². The molecule has 4 heterocycles. The highest BCUT2D eigenvalue weighted by atomic mass is 35.5. The molecule has 0 bridgehead atoms. The molecule has 4 N–H and O–H groups in total. The van der Waals surface area contributed by atoms with Crippen molar-refractivity contribution >= 4 is 34.1 Å². The maximum atomic E-state index is 13.7. The second-order valence-electron chi connectivity index (χ2n) is 11.0. The quantitative estimate of drug-likeness (QED) is 0.281. The van der Waals surface area contributed by atoms with Crippen molar-refractivity contribution < 1.29 is 26.7 Å². The van der Waals surface area contributed by atoms with Crippen molar-refractivity contribution in [2.24, 2.45) is 0 Å². The number of aliphatic hydroxyl groups is 1. The van der Waals surface area contributed by atoms with Crippen molar-refractivity contribution in [2.45, 2.75) is 62.0 Å². The zero-order chi connectivity index (χ0) is 29.4. The minimum atomic E-state index is -4.71. The van der Waals surface area contributed by atoms with Crippen LogP contribution in [0.25, 0.3) is 11.3 Å². The predicted molar refractivity (Wildman–Crippen MR) is 153 cm³/mol. The van der Waals surface area contributed by atoms with Gasteiger partial charge >= 0.3 is 6.18 Å². The molecule has 0 unspecified atom stereocenters. The van der Waals surface area contributed by atoms with Crippen LogP contribution in [0.5, 0.6) is 0 Å². The highest BCUT2D eigenvalue weighted by Gasteiger charge is 2.36. The fourth-order valence-electron chi connectivity index (χ4n) is 4.83. The van der Waals surface area contributed by atoms with E-state index in [1.165, 1.54) is 45.6 Å². The van der Waals surface area contributed by atoms with Gasteiger partial charge in [0.15, 0.2) is 0 Å². The van der Waals surface area contributed by atoms with Crippen molar-refractivity contribution in [1.82, 2.24) is 34.7 Å². The minimum absolute atomic E-state index is 0. The first kappa shape index (κ1) is 32.1. The second kappa shape index (κ2) is 12.4. The fourth-order valence-corrected chi connectivity index (χ4v) is 6.30. The molecule has 0 aliphatic carbocycles. The monoisotopic (exact) mass is 630 g/mol. The van der Waals surface area contributed by atoms with E-state index < -0.39 is 27.4 Å². The van der Waals surface area contributed by atoms with E-state index in [4.69, 9.17) is 0 Å². The van der Waals surface area contributed by atoms with Crippen LogP contribution in [-0.4, -0.2) is 81.4 Å². The molecule has 2 aromatic heterocycles. The molecule has 0 saturated carbocycles. The Bertz CT molecular complexity index is 1470. The number of alkyl halides is 3. The third-order valence-electron chi connectivity index (χ3n) is 7.00. The number of aromatic nitrogens is 4. The molecule has 0 spiro atoms. The Labute approximate surface area is 248 Å². The van der Waals surface area contributed by atoms with Gasteiger partial charge in [-0.2, -0.15) is 22.6 Å². The predicted octanol–water partition coefficient (Wildman–Crippen LogP) is 3.01. The lowest BCUT2D eigenvalue weighted by Gasteiger charge is -2.37. The zero-order valence-corrected chi connectivity index (χ0v) is 24.7. The molecule has 2 fully saturated rings. The number of rotatable bonds is 9. The van der Waals surface area contributed by atoms with Gasteiger partial charge in [0.2, 0.25) is 16.0 Å². The molecule has 2 aliphatic rings. The number of piperidine rings is 1. The van der Waals surface area contributed by atoms with Crippen molar-refractivity contribution in [3.63, 3.8) is 0 Å². The molecule has 0 radical (unpaired) electrons. The summed E-state index contributed by atoms with van der Waals surface area (Å²) in [5, 5.41) is 23.7. The molecule has 5 rings (SSSR count). The molecular weight excluding hydrogens is 597 g/mol. The van der Waals surface area contributed by atoms with E-state index >= 15 is 0 Å². The second-order valence-corrected chi connectivity index (χ2v) is 13.0. The average Bonchev–Trinajstić information content (AvgIpc) is 3.33. The van der Waals surface area contributed by atoms with Gasteiger partial charge in [-0.1, -0.05) is 0 Å². The molecule has 2 aliphatic heterocycles. The summed E-state index contributed by atoms with van der Waals surface area (Å²) in [4.78, 5) is 8.06. The Morgan fingerprint density at radius 3 is 2.31 bits per heavy atom. The molecule has 1 aromatic carbocycles.